The summed E-state index contributed by atoms with van der Waals surface area (Å²) in [6.07, 6.45) is 6.24. The van der Waals surface area contributed by atoms with Crippen molar-refractivity contribution >= 4 is 26.2 Å². The van der Waals surface area contributed by atoms with E-state index in [4.69, 9.17) is 9.47 Å². The molecule has 1 fully saturated rings. The van der Waals surface area contributed by atoms with E-state index in [1.165, 1.54) is 0 Å². The van der Waals surface area contributed by atoms with E-state index in [2.05, 4.69) is 16.1 Å². The Labute approximate surface area is 166 Å². The lowest BCUT2D eigenvalue weighted by Gasteiger charge is -2.22. The van der Waals surface area contributed by atoms with Crippen molar-refractivity contribution in [2.24, 2.45) is 0 Å². The molecular weight excluding hydrogens is 476 g/mol. The van der Waals surface area contributed by atoms with E-state index in [1.807, 2.05) is 18.7 Å². The number of imidazole rings is 1. The van der Waals surface area contributed by atoms with Gasteiger partial charge in [-0.05, 0) is 6.92 Å². The zero-order valence-corrected chi connectivity index (χ0v) is 16.6. The molecule has 0 radical (unpaired) electrons. The van der Waals surface area contributed by atoms with E-state index in [0.717, 1.165) is 23.6 Å². The Balaban J connectivity index is 0.000000300. The Kier molecular flexibility index (Phi) is 8.11. The molecule has 0 saturated carbocycles. The molecule has 18 heteroatoms. The van der Waals surface area contributed by atoms with Crippen molar-refractivity contribution in [2.45, 2.75) is 43.6 Å². The topological polar surface area (TPSA) is 127 Å². The second kappa shape index (κ2) is 9.38. The molecule has 0 bridgehead atoms. The highest BCUT2D eigenvalue weighted by atomic mass is 32.3. The summed E-state index contributed by atoms with van der Waals surface area (Å²) in [7, 11) is -13.4. The molecule has 1 unspecified atom stereocenters. The summed E-state index contributed by atoms with van der Waals surface area (Å²) in [6, 6.07) is 0. The summed E-state index contributed by atoms with van der Waals surface area (Å²) in [5.74, 6) is 0. The average molecular weight is 491 g/mol. The number of aryl methyl sites for hydroxylation is 2. The lowest BCUT2D eigenvalue weighted by atomic mass is 10.3. The maximum absolute atomic E-state index is 11.4. The van der Waals surface area contributed by atoms with Gasteiger partial charge in [-0.15, -0.1) is 0 Å². The van der Waals surface area contributed by atoms with Gasteiger partial charge in [-0.25, -0.2) is 30.8 Å². The smallest absolute Gasteiger partial charge is 0.430 e. The number of hydrogen-bond donors (Lipinski definition) is 0. The number of cyclic esters (lactones) is 2. The van der Waals surface area contributed by atoms with Gasteiger partial charge in [-0.3, -0.25) is 0 Å². The SMILES string of the molecule is CCn1cc[n+](CCC2COC(=O)O2)c1.O=S(=O)([N-]S(=O)(=O)C(F)(F)F)C(F)(F)F. The first-order chi connectivity index (χ1) is 13.5. The number of nitrogens with zero attached hydrogens (tertiary/aromatic N) is 3. The van der Waals surface area contributed by atoms with Crippen LogP contribution in [0, 0.1) is 0 Å². The summed E-state index contributed by atoms with van der Waals surface area (Å²) >= 11 is 0. The Bertz CT molecular complexity index is 898. The molecule has 1 saturated heterocycles. The van der Waals surface area contributed by atoms with Gasteiger partial charge >= 0.3 is 17.2 Å². The lowest BCUT2D eigenvalue weighted by Crippen LogP contribution is -2.33. The Morgan fingerprint density at radius 2 is 1.67 bits per heavy atom. The van der Waals surface area contributed by atoms with Crippen LogP contribution < -0.4 is 4.57 Å². The van der Waals surface area contributed by atoms with Gasteiger partial charge in [0.25, 0.3) is 0 Å². The average Bonchev–Trinajstić information content (AvgIpc) is 3.19. The standard InChI is InChI=1S/C10H15N2O3.C2F6NO4S2/c1-2-11-5-6-12(8-11)4-3-9-7-14-10(13)15-9;3-1(4,5)14(10,11)9-15(12,13)2(6,7)8/h5-6,8-9H,2-4,7H2,1H3;/q+1;-1. The van der Waals surface area contributed by atoms with Gasteiger partial charge < -0.3 is 13.6 Å². The summed E-state index contributed by atoms with van der Waals surface area (Å²) in [6.45, 7) is 4.29. The maximum atomic E-state index is 11.4. The molecule has 0 aliphatic carbocycles. The normalized spacial score (nSPS) is 17.7. The van der Waals surface area contributed by atoms with Crippen LogP contribution in [0.15, 0.2) is 18.7 Å². The molecule has 174 valence electrons. The molecule has 2 rings (SSSR count). The quantitative estimate of drug-likeness (QED) is 0.337. The van der Waals surface area contributed by atoms with Crippen molar-refractivity contribution in [2.75, 3.05) is 6.61 Å². The lowest BCUT2D eigenvalue weighted by molar-refractivity contribution is -0.697. The van der Waals surface area contributed by atoms with Gasteiger partial charge in [0.05, 0.1) is 13.1 Å². The van der Waals surface area contributed by atoms with Crippen LogP contribution in [0.1, 0.15) is 13.3 Å². The third-order valence-electron chi connectivity index (χ3n) is 3.25. The predicted molar refractivity (Wildman–Crippen MR) is 84.4 cm³/mol. The number of ether oxygens (including phenoxy) is 2. The van der Waals surface area contributed by atoms with Gasteiger partial charge in [0, 0.05) is 6.42 Å². The Morgan fingerprint density at radius 1 is 1.13 bits per heavy atom. The zero-order valence-electron chi connectivity index (χ0n) is 14.9. The van der Waals surface area contributed by atoms with Crippen LogP contribution >= 0.6 is 0 Å². The summed E-state index contributed by atoms with van der Waals surface area (Å²) in [4.78, 5) is 10.7. The predicted octanol–water partition coefficient (Wildman–Crippen LogP) is 1.78. The monoisotopic (exact) mass is 491 g/mol. The molecule has 1 atom stereocenters. The first-order valence-corrected chi connectivity index (χ1v) is 10.6. The van der Waals surface area contributed by atoms with Gasteiger partial charge in [-0.1, -0.05) is 0 Å². The molecule has 0 spiro atoms. The molecule has 0 N–H and O–H groups in total. The van der Waals surface area contributed by atoms with Crippen molar-refractivity contribution in [1.29, 1.82) is 0 Å². The molecule has 0 aromatic carbocycles. The van der Waals surface area contributed by atoms with E-state index in [9.17, 15) is 48.0 Å². The fourth-order valence-electron chi connectivity index (χ4n) is 1.77. The summed E-state index contributed by atoms with van der Waals surface area (Å²) < 4.78 is 123. The zero-order chi connectivity index (χ0) is 23.4. The van der Waals surface area contributed by atoms with E-state index in [0.29, 0.717) is 6.61 Å². The van der Waals surface area contributed by atoms with E-state index in [1.54, 1.807) is 0 Å². The van der Waals surface area contributed by atoms with Crippen molar-refractivity contribution in [3.8, 4) is 0 Å². The molecule has 1 aliphatic rings. The highest BCUT2D eigenvalue weighted by Gasteiger charge is 2.46. The molecule has 10 nitrogen and oxygen atoms in total. The van der Waals surface area contributed by atoms with Crippen LogP contribution in [0.4, 0.5) is 31.1 Å². The van der Waals surface area contributed by atoms with Crippen molar-refractivity contribution in [1.82, 2.24) is 4.57 Å². The van der Waals surface area contributed by atoms with Gasteiger partial charge in [0.1, 0.15) is 25.1 Å². The number of carbonyl (C=O) groups is 1. The van der Waals surface area contributed by atoms with Gasteiger partial charge in [0.15, 0.2) is 20.0 Å². The molecule has 2 heterocycles. The van der Waals surface area contributed by atoms with Crippen LogP contribution in [-0.4, -0.2) is 51.3 Å². The highest BCUT2D eigenvalue weighted by Crippen LogP contribution is 2.36. The third-order valence-corrected chi connectivity index (χ3v) is 5.99. The van der Waals surface area contributed by atoms with Crippen LogP contribution in [0.3, 0.4) is 0 Å². The number of sulfonamides is 2. The second-order valence-corrected chi connectivity index (χ2v) is 8.91. The number of aromatic nitrogens is 2. The number of rotatable bonds is 6. The molecule has 1 aromatic heterocycles. The molecule has 0 amide bonds. The van der Waals surface area contributed by atoms with Crippen LogP contribution in [0.5, 0.6) is 0 Å². The number of carbonyl (C=O) groups excluding carboxylic acids is 1. The van der Waals surface area contributed by atoms with E-state index in [-0.39, 0.29) is 6.10 Å². The number of halogens is 6. The first-order valence-electron chi connectivity index (χ1n) is 7.73. The highest BCUT2D eigenvalue weighted by molar-refractivity contribution is 8.13. The van der Waals surface area contributed by atoms with Crippen LogP contribution in [0.25, 0.3) is 4.13 Å². The third kappa shape index (κ3) is 7.31. The van der Waals surface area contributed by atoms with Crippen LogP contribution in [0.2, 0.25) is 0 Å². The Morgan fingerprint density at radius 3 is 2.03 bits per heavy atom. The maximum Gasteiger partial charge on any atom is 0.508 e. The minimum absolute atomic E-state index is 0.0880. The molecule has 1 aliphatic heterocycles. The largest absolute Gasteiger partial charge is 0.508 e. The van der Waals surface area contributed by atoms with Gasteiger partial charge in [-0.2, -0.15) is 26.3 Å². The van der Waals surface area contributed by atoms with Gasteiger partial charge in [0.2, 0.25) is 6.33 Å². The van der Waals surface area contributed by atoms with Crippen molar-refractivity contribution < 1.29 is 62.0 Å². The molecular formula is C12H15F6N3O7S2. The summed E-state index contributed by atoms with van der Waals surface area (Å²) in [5, 5.41) is 0. The number of alkyl halides is 6. The molecule has 30 heavy (non-hydrogen) atoms. The van der Waals surface area contributed by atoms with Crippen molar-refractivity contribution in [3.63, 3.8) is 0 Å². The van der Waals surface area contributed by atoms with Crippen molar-refractivity contribution in [3.05, 3.63) is 22.8 Å². The fraction of sp³-hybridized carbons (Fsp3) is 0.667. The fourth-order valence-corrected chi connectivity index (χ4v) is 3.48. The number of hydrogen-bond acceptors (Lipinski definition) is 7. The van der Waals surface area contributed by atoms with E-state index >= 15 is 0 Å². The minimum atomic E-state index is -6.72. The van der Waals surface area contributed by atoms with Crippen LogP contribution in [-0.2, 0) is 42.6 Å². The second-order valence-electron chi connectivity index (χ2n) is 5.49. The minimum Gasteiger partial charge on any atom is -0.430 e. The first kappa shape index (κ1) is 26.0. The summed E-state index contributed by atoms with van der Waals surface area (Å²) in [5.41, 5.74) is -12.4. The molecule has 1 aromatic rings. The Hall–Kier alpha value is -2.08. The van der Waals surface area contributed by atoms with E-state index < -0.39 is 37.2 Å².